The molecule has 0 aliphatic heterocycles. The van der Waals surface area contributed by atoms with Gasteiger partial charge in [-0.1, -0.05) is 0 Å². The Morgan fingerprint density at radius 2 is 2.22 bits per heavy atom. The molecule has 1 rings (SSSR count). The van der Waals surface area contributed by atoms with E-state index in [1.165, 1.54) is 18.5 Å². The van der Waals surface area contributed by atoms with E-state index in [4.69, 9.17) is 5.11 Å². The number of aromatic hydroxyl groups is 1. The van der Waals surface area contributed by atoms with Gasteiger partial charge in [-0.15, -0.1) is 0 Å². The van der Waals surface area contributed by atoms with Crippen LogP contribution in [0.15, 0.2) is 18.5 Å². The smallest absolute Gasteiger partial charge is 0.303 e. The number of carbonyl (C=O) groups is 2. The van der Waals surface area contributed by atoms with Crippen molar-refractivity contribution in [2.45, 2.75) is 32.2 Å². The minimum atomic E-state index is -0.847. The van der Waals surface area contributed by atoms with Crippen molar-refractivity contribution >= 4 is 11.9 Å². The van der Waals surface area contributed by atoms with Crippen molar-refractivity contribution in [1.29, 1.82) is 0 Å². The van der Waals surface area contributed by atoms with Crippen LogP contribution < -0.4 is 5.32 Å². The van der Waals surface area contributed by atoms with E-state index in [1.54, 1.807) is 6.92 Å². The van der Waals surface area contributed by atoms with Crippen LogP contribution in [0.1, 0.15) is 36.5 Å². The molecule has 0 saturated carbocycles. The first-order valence-electron chi connectivity index (χ1n) is 5.66. The van der Waals surface area contributed by atoms with Crippen LogP contribution in [0.4, 0.5) is 0 Å². The normalized spacial score (nSPS) is 11.8. The van der Waals surface area contributed by atoms with Crippen LogP contribution in [0.3, 0.4) is 0 Å². The highest BCUT2D eigenvalue weighted by atomic mass is 16.4. The van der Waals surface area contributed by atoms with Gasteiger partial charge in [-0.3, -0.25) is 14.6 Å². The molecule has 18 heavy (non-hydrogen) atoms. The maximum absolute atomic E-state index is 11.8. The zero-order chi connectivity index (χ0) is 13.5. The summed E-state index contributed by atoms with van der Waals surface area (Å²) >= 11 is 0. The molecule has 0 bridgehead atoms. The van der Waals surface area contributed by atoms with E-state index in [9.17, 15) is 14.7 Å². The third-order valence-corrected chi connectivity index (χ3v) is 2.45. The largest absolute Gasteiger partial charge is 0.505 e. The Morgan fingerprint density at radius 3 is 2.83 bits per heavy atom. The molecule has 0 aromatic carbocycles. The summed E-state index contributed by atoms with van der Waals surface area (Å²) in [5.41, 5.74) is 0.162. The number of carboxylic acids is 1. The number of pyridine rings is 1. The van der Waals surface area contributed by atoms with Crippen LogP contribution in [0.25, 0.3) is 0 Å². The van der Waals surface area contributed by atoms with Gasteiger partial charge in [0.2, 0.25) is 0 Å². The molecule has 0 aliphatic rings. The van der Waals surface area contributed by atoms with E-state index >= 15 is 0 Å². The summed E-state index contributed by atoms with van der Waals surface area (Å²) in [5.74, 6) is -1.41. The van der Waals surface area contributed by atoms with Gasteiger partial charge < -0.3 is 15.5 Å². The molecule has 0 fully saturated rings. The highest BCUT2D eigenvalue weighted by Gasteiger charge is 2.13. The summed E-state index contributed by atoms with van der Waals surface area (Å²) in [4.78, 5) is 25.8. The van der Waals surface area contributed by atoms with Gasteiger partial charge in [0.1, 0.15) is 5.75 Å². The number of rotatable bonds is 6. The van der Waals surface area contributed by atoms with Crippen LogP contribution in [-0.4, -0.2) is 33.1 Å². The number of aliphatic carboxylic acids is 1. The van der Waals surface area contributed by atoms with Gasteiger partial charge in [0, 0.05) is 18.7 Å². The minimum Gasteiger partial charge on any atom is -0.505 e. The molecule has 6 heteroatoms. The third-order valence-electron chi connectivity index (χ3n) is 2.45. The van der Waals surface area contributed by atoms with Gasteiger partial charge in [0.05, 0.1) is 11.8 Å². The second-order valence-electron chi connectivity index (χ2n) is 4.05. The van der Waals surface area contributed by atoms with Gasteiger partial charge in [0.15, 0.2) is 0 Å². The van der Waals surface area contributed by atoms with Crippen LogP contribution >= 0.6 is 0 Å². The van der Waals surface area contributed by atoms with Crippen molar-refractivity contribution in [1.82, 2.24) is 10.3 Å². The summed E-state index contributed by atoms with van der Waals surface area (Å²) < 4.78 is 0. The van der Waals surface area contributed by atoms with E-state index in [0.29, 0.717) is 12.8 Å². The lowest BCUT2D eigenvalue weighted by atomic mass is 10.1. The molecule has 3 N–H and O–H groups in total. The Morgan fingerprint density at radius 1 is 1.50 bits per heavy atom. The van der Waals surface area contributed by atoms with Crippen molar-refractivity contribution < 1.29 is 19.8 Å². The number of aromatic nitrogens is 1. The average Bonchev–Trinajstić information content (AvgIpc) is 2.28. The Hall–Kier alpha value is -2.11. The molecule has 0 spiro atoms. The second-order valence-corrected chi connectivity index (χ2v) is 4.05. The van der Waals surface area contributed by atoms with E-state index in [1.807, 2.05) is 0 Å². The van der Waals surface area contributed by atoms with Crippen molar-refractivity contribution in [2.75, 3.05) is 0 Å². The molecule has 0 radical (unpaired) electrons. The minimum absolute atomic E-state index is 0.0840. The van der Waals surface area contributed by atoms with E-state index in [-0.39, 0.29) is 23.8 Å². The quantitative estimate of drug-likeness (QED) is 0.705. The average molecular weight is 252 g/mol. The maximum atomic E-state index is 11.8. The zero-order valence-electron chi connectivity index (χ0n) is 10.1. The standard InChI is InChI=1S/C12H16N2O4/c1-8(3-2-4-11(16)17)14-12(18)9-5-6-13-7-10(9)15/h5-8,15H,2-4H2,1H3,(H,14,18)(H,16,17). The molecular formula is C12H16N2O4. The Labute approximate surface area is 105 Å². The van der Waals surface area contributed by atoms with Crippen LogP contribution in [0.2, 0.25) is 0 Å². The molecule has 1 atom stereocenters. The van der Waals surface area contributed by atoms with Crippen LogP contribution in [0.5, 0.6) is 5.75 Å². The summed E-state index contributed by atoms with van der Waals surface area (Å²) in [6.07, 6.45) is 3.78. The number of carboxylic acid groups (broad SMARTS) is 1. The highest BCUT2D eigenvalue weighted by Crippen LogP contribution is 2.14. The SMILES string of the molecule is CC(CCCC(=O)O)NC(=O)c1ccncc1O. The molecule has 1 unspecified atom stereocenters. The van der Waals surface area contributed by atoms with E-state index < -0.39 is 11.9 Å². The Bertz CT molecular complexity index is 434. The number of nitrogens with one attached hydrogen (secondary N) is 1. The van der Waals surface area contributed by atoms with Gasteiger partial charge in [-0.05, 0) is 25.8 Å². The molecule has 1 heterocycles. The van der Waals surface area contributed by atoms with Crippen LogP contribution in [-0.2, 0) is 4.79 Å². The molecule has 0 saturated heterocycles. The maximum Gasteiger partial charge on any atom is 0.303 e. The first kappa shape index (κ1) is 14.0. The van der Waals surface area contributed by atoms with Gasteiger partial charge in [0.25, 0.3) is 5.91 Å². The second kappa shape index (κ2) is 6.58. The lowest BCUT2D eigenvalue weighted by molar-refractivity contribution is -0.137. The summed E-state index contributed by atoms with van der Waals surface area (Å²) in [7, 11) is 0. The molecule has 0 aliphatic carbocycles. The predicted molar refractivity (Wildman–Crippen MR) is 64.3 cm³/mol. The molecule has 6 nitrogen and oxygen atoms in total. The van der Waals surface area contributed by atoms with Gasteiger partial charge in [-0.2, -0.15) is 0 Å². The predicted octanol–water partition coefficient (Wildman–Crippen LogP) is 1.16. The lowest BCUT2D eigenvalue weighted by Crippen LogP contribution is -2.32. The van der Waals surface area contributed by atoms with Crippen molar-refractivity contribution in [2.24, 2.45) is 0 Å². The van der Waals surface area contributed by atoms with E-state index in [2.05, 4.69) is 10.3 Å². The van der Waals surface area contributed by atoms with Crippen molar-refractivity contribution in [3.63, 3.8) is 0 Å². The number of carbonyl (C=O) groups excluding carboxylic acids is 1. The van der Waals surface area contributed by atoms with Crippen molar-refractivity contribution in [3.05, 3.63) is 24.0 Å². The molecule has 1 amide bonds. The Kier molecular flexibility index (Phi) is 5.10. The topological polar surface area (TPSA) is 99.5 Å². The van der Waals surface area contributed by atoms with E-state index in [0.717, 1.165) is 0 Å². The summed E-state index contributed by atoms with van der Waals surface area (Å²) in [6, 6.07) is 1.28. The number of amides is 1. The Balaban J connectivity index is 2.45. The van der Waals surface area contributed by atoms with Gasteiger partial charge >= 0.3 is 5.97 Å². The highest BCUT2D eigenvalue weighted by molar-refractivity contribution is 5.96. The fourth-order valence-electron chi connectivity index (χ4n) is 1.51. The van der Waals surface area contributed by atoms with Crippen molar-refractivity contribution in [3.8, 4) is 5.75 Å². The monoisotopic (exact) mass is 252 g/mol. The zero-order valence-corrected chi connectivity index (χ0v) is 10.1. The number of hydrogen-bond acceptors (Lipinski definition) is 4. The molecule has 1 aromatic heterocycles. The fraction of sp³-hybridized carbons (Fsp3) is 0.417. The fourth-order valence-corrected chi connectivity index (χ4v) is 1.51. The third kappa shape index (κ3) is 4.40. The van der Waals surface area contributed by atoms with Crippen LogP contribution in [0, 0.1) is 0 Å². The molecule has 1 aromatic rings. The van der Waals surface area contributed by atoms with Gasteiger partial charge in [-0.25, -0.2) is 0 Å². The number of hydrogen-bond donors (Lipinski definition) is 3. The first-order valence-corrected chi connectivity index (χ1v) is 5.66. The lowest BCUT2D eigenvalue weighted by Gasteiger charge is -2.13. The first-order chi connectivity index (χ1) is 8.50. The summed E-state index contributed by atoms with van der Waals surface area (Å²) in [6.45, 7) is 1.79. The number of nitrogens with zero attached hydrogens (tertiary/aromatic N) is 1. The summed E-state index contributed by atoms with van der Waals surface area (Å²) in [5, 5.41) is 20.6. The molecule has 98 valence electrons. The molecular weight excluding hydrogens is 236 g/mol.